The molecular formula is C12H20N2OS2. The van der Waals surface area contributed by atoms with Crippen LogP contribution in [-0.4, -0.2) is 17.4 Å². The lowest BCUT2D eigenvalue weighted by Crippen LogP contribution is -2.14. The molecule has 0 aliphatic heterocycles. The van der Waals surface area contributed by atoms with Gasteiger partial charge in [-0.3, -0.25) is 4.79 Å². The van der Waals surface area contributed by atoms with Gasteiger partial charge in [0.15, 0.2) is 0 Å². The Labute approximate surface area is 112 Å². The number of carbonyl (C=O) groups excluding carboxylic acids is 1. The van der Waals surface area contributed by atoms with E-state index in [0.717, 1.165) is 41.4 Å². The lowest BCUT2D eigenvalue weighted by atomic mass is 10.3. The molecule has 17 heavy (non-hydrogen) atoms. The molecule has 0 aromatic carbocycles. The van der Waals surface area contributed by atoms with E-state index in [1.165, 1.54) is 0 Å². The van der Waals surface area contributed by atoms with Gasteiger partial charge in [-0.05, 0) is 24.3 Å². The van der Waals surface area contributed by atoms with E-state index in [1.807, 2.05) is 6.07 Å². The number of nitrogens with two attached hydrogens (primary N) is 1. The topological polar surface area (TPSA) is 66.9 Å². The summed E-state index contributed by atoms with van der Waals surface area (Å²) in [5.41, 5.74) is 5.33. The average Bonchev–Trinajstić information content (AvgIpc) is 2.29. The Morgan fingerprint density at radius 2 is 1.65 bits per heavy atom. The molecule has 96 valence electrons. The van der Waals surface area contributed by atoms with Crippen LogP contribution >= 0.6 is 23.5 Å². The van der Waals surface area contributed by atoms with Crippen molar-refractivity contribution in [3.05, 3.63) is 9.81 Å². The molecule has 0 aromatic heterocycles. The largest absolute Gasteiger partial charge is 0.365 e. The Morgan fingerprint density at radius 1 is 1.18 bits per heavy atom. The van der Waals surface area contributed by atoms with Gasteiger partial charge >= 0.3 is 0 Å². The van der Waals surface area contributed by atoms with Crippen LogP contribution in [0.3, 0.4) is 0 Å². The van der Waals surface area contributed by atoms with Crippen molar-refractivity contribution >= 4 is 29.4 Å². The molecule has 0 radical (unpaired) electrons. The lowest BCUT2D eigenvalue weighted by Gasteiger charge is -2.07. The van der Waals surface area contributed by atoms with E-state index in [1.54, 1.807) is 23.5 Å². The first-order valence-corrected chi connectivity index (χ1v) is 7.84. The lowest BCUT2D eigenvalue weighted by molar-refractivity contribution is -0.114. The minimum atomic E-state index is -0.615. The second-order valence-electron chi connectivity index (χ2n) is 3.54. The number of nitrogens with zero attached hydrogens (tertiary/aromatic N) is 1. The molecule has 1 amide bonds. The zero-order valence-corrected chi connectivity index (χ0v) is 12.1. The van der Waals surface area contributed by atoms with Crippen molar-refractivity contribution in [1.29, 1.82) is 5.26 Å². The van der Waals surface area contributed by atoms with Crippen LogP contribution in [0.1, 0.15) is 39.5 Å². The Bertz CT molecular complexity index is 296. The van der Waals surface area contributed by atoms with Crippen LogP contribution in [0.4, 0.5) is 0 Å². The number of unbranched alkanes of at least 4 members (excludes halogenated alkanes) is 2. The van der Waals surface area contributed by atoms with Crippen LogP contribution < -0.4 is 5.73 Å². The van der Waals surface area contributed by atoms with Gasteiger partial charge in [0.1, 0.15) is 11.6 Å². The summed E-state index contributed by atoms with van der Waals surface area (Å²) in [4.78, 5) is 11.2. The van der Waals surface area contributed by atoms with Gasteiger partial charge in [-0.1, -0.05) is 26.7 Å². The fraction of sp³-hybridized carbons (Fsp3) is 0.667. The molecule has 0 spiro atoms. The van der Waals surface area contributed by atoms with Crippen molar-refractivity contribution in [1.82, 2.24) is 0 Å². The van der Waals surface area contributed by atoms with Crippen LogP contribution in [0.15, 0.2) is 9.81 Å². The fourth-order valence-electron chi connectivity index (χ4n) is 1.01. The van der Waals surface area contributed by atoms with Gasteiger partial charge in [-0.15, -0.1) is 23.5 Å². The molecule has 2 N–H and O–H groups in total. The molecule has 0 atom stereocenters. The molecule has 5 heteroatoms. The van der Waals surface area contributed by atoms with E-state index in [4.69, 9.17) is 11.0 Å². The van der Waals surface area contributed by atoms with Crippen LogP contribution in [0.5, 0.6) is 0 Å². The van der Waals surface area contributed by atoms with Gasteiger partial charge < -0.3 is 5.73 Å². The molecular weight excluding hydrogens is 252 g/mol. The molecule has 0 saturated carbocycles. The first kappa shape index (κ1) is 16.4. The molecule has 0 unspecified atom stereocenters. The highest BCUT2D eigenvalue weighted by molar-refractivity contribution is 8.22. The Hall–Kier alpha value is -0.600. The third-order valence-corrected chi connectivity index (χ3v) is 4.65. The number of amides is 1. The fourth-order valence-corrected chi connectivity index (χ4v) is 3.66. The molecule has 0 saturated heterocycles. The van der Waals surface area contributed by atoms with Gasteiger partial charge in [0.2, 0.25) is 0 Å². The highest BCUT2D eigenvalue weighted by atomic mass is 32.2. The summed E-state index contributed by atoms with van der Waals surface area (Å²) in [6.07, 6.45) is 4.39. The number of hydrogen-bond donors (Lipinski definition) is 1. The van der Waals surface area contributed by atoms with Crippen molar-refractivity contribution in [2.75, 3.05) is 11.5 Å². The minimum absolute atomic E-state index is 0.118. The third kappa shape index (κ3) is 7.35. The predicted molar refractivity (Wildman–Crippen MR) is 76.6 cm³/mol. The van der Waals surface area contributed by atoms with Gasteiger partial charge in [0.25, 0.3) is 5.91 Å². The predicted octanol–water partition coefficient (Wildman–Crippen LogP) is 3.27. The van der Waals surface area contributed by atoms with E-state index in [-0.39, 0.29) is 5.57 Å². The second-order valence-corrected chi connectivity index (χ2v) is 6.01. The number of primary amides is 1. The molecule has 3 nitrogen and oxygen atoms in total. The summed E-state index contributed by atoms with van der Waals surface area (Å²) >= 11 is 3.15. The standard InChI is InChI=1S/C12H20N2OS2/c1-3-5-7-16-12(17-8-6-4-2)10(9-13)11(14)15/h3-8H2,1-2H3,(H2,14,15). The summed E-state index contributed by atoms with van der Waals surface area (Å²) in [7, 11) is 0. The third-order valence-electron chi connectivity index (χ3n) is 2.02. The van der Waals surface area contributed by atoms with E-state index in [2.05, 4.69) is 13.8 Å². The normalized spacial score (nSPS) is 9.71. The van der Waals surface area contributed by atoms with E-state index < -0.39 is 5.91 Å². The van der Waals surface area contributed by atoms with Crippen molar-refractivity contribution in [3.8, 4) is 6.07 Å². The van der Waals surface area contributed by atoms with Crippen LogP contribution in [0, 0.1) is 11.3 Å². The maximum Gasteiger partial charge on any atom is 0.261 e. The van der Waals surface area contributed by atoms with Crippen LogP contribution in [-0.2, 0) is 4.79 Å². The average molecular weight is 272 g/mol. The monoisotopic (exact) mass is 272 g/mol. The highest BCUT2D eigenvalue weighted by Gasteiger charge is 2.13. The van der Waals surface area contributed by atoms with Crippen LogP contribution in [0.25, 0.3) is 0 Å². The van der Waals surface area contributed by atoms with E-state index >= 15 is 0 Å². The first-order valence-electron chi connectivity index (χ1n) is 5.87. The number of thioether (sulfide) groups is 2. The highest BCUT2D eigenvalue weighted by Crippen LogP contribution is 2.32. The Morgan fingerprint density at radius 3 is 1.94 bits per heavy atom. The zero-order chi connectivity index (χ0) is 13.1. The molecule has 0 bridgehead atoms. The van der Waals surface area contributed by atoms with Crippen molar-refractivity contribution in [2.45, 2.75) is 39.5 Å². The summed E-state index contributed by atoms with van der Waals surface area (Å²) < 4.78 is 0.793. The van der Waals surface area contributed by atoms with Crippen molar-refractivity contribution in [3.63, 3.8) is 0 Å². The van der Waals surface area contributed by atoms with Gasteiger partial charge in [-0.2, -0.15) is 5.26 Å². The number of carbonyl (C=O) groups is 1. The summed E-state index contributed by atoms with van der Waals surface area (Å²) in [5, 5.41) is 8.94. The summed E-state index contributed by atoms with van der Waals surface area (Å²) in [6.45, 7) is 4.24. The van der Waals surface area contributed by atoms with Crippen LogP contribution in [0.2, 0.25) is 0 Å². The zero-order valence-electron chi connectivity index (χ0n) is 10.5. The number of rotatable bonds is 9. The SMILES string of the molecule is CCCCSC(SCCCC)=C(C#N)C(N)=O. The van der Waals surface area contributed by atoms with Gasteiger partial charge in [0, 0.05) is 0 Å². The molecule has 0 aliphatic carbocycles. The maximum absolute atomic E-state index is 11.2. The molecule has 0 heterocycles. The second kappa shape index (κ2) is 10.5. The minimum Gasteiger partial charge on any atom is -0.365 e. The van der Waals surface area contributed by atoms with Crippen molar-refractivity contribution < 1.29 is 4.79 Å². The van der Waals surface area contributed by atoms with Gasteiger partial charge in [0.05, 0.1) is 4.24 Å². The summed E-state index contributed by atoms with van der Waals surface area (Å²) in [6, 6.07) is 1.92. The molecule has 0 fully saturated rings. The quantitative estimate of drug-likeness (QED) is 0.397. The Kier molecular flexibility index (Phi) is 10.2. The first-order chi connectivity index (χ1) is 8.17. The number of hydrogen-bond acceptors (Lipinski definition) is 4. The molecule has 0 aromatic rings. The van der Waals surface area contributed by atoms with Gasteiger partial charge in [-0.25, -0.2) is 0 Å². The van der Waals surface area contributed by atoms with Crippen molar-refractivity contribution in [2.24, 2.45) is 5.73 Å². The summed E-state index contributed by atoms with van der Waals surface area (Å²) in [5.74, 6) is 1.25. The maximum atomic E-state index is 11.2. The Balaban J connectivity index is 4.58. The smallest absolute Gasteiger partial charge is 0.261 e. The molecule has 0 aliphatic rings. The molecule has 0 rings (SSSR count). The van der Waals surface area contributed by atoms with E-state index in [9.17, 15) is 4.79 Å². The van der Waals surface area contributed by atoms with E-state index in [0.29, 0.717) is 0 Å². The number of nitriles is 1.